The van der Waals surface area contributed by atoms with Gasteiger partial charge in [0, 0.05) is 25.8 Å². The summed E-state index contributed by atoms with van der Waals surface area (Å²) in [4.78, 5) is 2.20. The van der Waals surface area contributed by atoms with Gasteiger partial charge in [0.1, 0.15) is 18.5 Å². The first-order valence-electron chi connectivity index (χ1n) is 8.14. The van der Waals surface area contributed by atoms with Crippen molar-refractivity contribution in [3.8, 4) is 11.8 Å². The maximum Gasteiger partial charge on any atom is 0.119 e. The Bertz CT molecular complexity index is 699. The van der Waals surface area contributed by atoms with Gasteiger partial charge in [0.25, 0.3) is 0 Å². The summed E-state index contributed by atoms with van der Waals surface area (Å²) in [6, 6.07) is 9.92. The molecule has 0 bridgehead atoms. The third-order valence-electron chi connectivity index (χ3n) is 4.16. The summed E-state index contributed by atoms with van der Waals surface area (Å²) in [6.45, 7) is 4.71. The van der Waals surface area contributed by atoms with Gasteiger partial charge in [-0.15, -0.1) is 0 Å². The van der Waals surface area contributed by atoms with E-state index < -0.39 is 6.10 Å². The van der Waals surface area contributed by atoms with Gasteiger partial charge in [-0.25, -0.2) is 0 Å². The monoisotopic (exact) mass is 326 g/mol. The molecule has 1 aromatic heterocycles. The van der Waals surface area contributed by atoms with Crippen LogP contribution in [0.15, 0.2) is 36.7 Å². The molecule has 0 saturated carbocycles. The largest absolute Gasteiger partial charge is 0.491 e. The van der Waals surface area contributed by atoms with E-state index >= 15 is 0 Å². The molecule has 0 amide bonds. The molecule has 1 fully saturated rings. The first-order chi connectivity index (χ1) is 11.6. The fourth-order valence-corrected chi connectivity index (χ4v) is 2.83. The lowest BCUT2D eigenvalue weighted by atomic mass is 10.1. The van der Waals surface area contributed by atoms with Crippen LogP contribution in [0.1, 0.15) is 17.2 Å². The van der Waals surface area contributed by atoms with Gasteiger partial charge < -0.3 is 9.84 Å². The number of nitrogens with zero attached hydrogens (tertiary/aromatic N) is 4. The molecule has 1 N–H and O–H groups in total. The van der Waals surface area contributed by atoms with Crippen LogP contribution >= 0.6 is 0 Å². The molecule has 3 rings (SSSR count). The van der Waals surface area contributed by atoms with Gasteiger partial charge >= 0.3 is 0 Å². The molecular formula is C18H22N4O2. The van der Waals surface area contributed by atoms with Crippen LogP contribution < -0.4 is 4.74 Å². The lowest BCUT2D eigenvalue weighted by Crippen LogP contribution is -2.51. The van der Waals surface area contributed by atoms with Crippen LogP contribution in [-0.4, -0.2) is 52.1 Å². The van der Waals surface area contributed by atoms with Crippen LogP contribution in [0.2, 0.25) is 0 Å². The molecule has 6 heteroatoms. The molecule has 1 aromatic carbocycles. The Morgan fingerprint density at radius 2 is 2.12 bits per heavy atom. The Balaban J connectivity index is 1.37. The summed E-state index contributed by atoms with van der Waals surface area (Å²) in [5.41, 5.74) is 2.13. The van der Waals surface area contributed by atoms with Gasteiger partial charge in [-0.3, -0.25) is 9.58 Å². The quantitative estimate of drug-likeness (QED) is 0.836. The van der Waals surface area contributed by atoms with Gasteiger partial charge in [0.2, 0.25) is 0 Å². The van der Waals surface area contributed by atoms with Crippen molar-refractivity contribution in [2.24, 2.45) is 0 Å². The number of benzene rings is 1. The zero-order valence-electron chi connectivity index (χ0n) is 13.8. The average molecular weight is 326 g/mol. The molecule has 1 aliphatic heterocycles. The van der Waals surface area contributed by atoms with E-state index in [2.05, 4.69) is 22.3 Å². The Morgan fingerprint density at radius 3 is 2.75 bits per heavy atom. The van der Waals surface area contributed by atoms with E-state index in [9.17, 15) is 5.11 Å². The summed E-state index contributed by atoms with van der Waals surface area (Å²) >= 11 is 0. The fraction of sp³-hybridized carbons (Fsp3) is 0.444. The van der Waals surface area contributed by atoms with Crippen molar-refractivity contribution in [2.45, 2.75) is 25.5 Å². The topological polar surface area (TPSA) is 74.3 Å². The van der Waals surface area contributed by atoms with Gasteiger partial charge in [0.05, 0.1) is 24.7 Å². The van der Waals surface area contributed by atoms with Crippen molar-refractivity contribution in [3.63, 3.8) is 0 Å². The van der Waals surface area contributed by atoms with Gasteiger partial charge in [-0.1, -0.05) is 12.1 Å². The number of ether oxygens (including phenoxy) is 1. The highest BCUT2D eigenvalue weighted by atomic mass is 16.5. The van der Waals surface area contributed by atoms with Crippen LogP contribution in [0, 0.1) is 18.3 Å². The van der Waals surface area contributed by atoms with Gasteiger partial charge in [-0.2, -0.15) is 10.4 Å². The van der Waals surface area contributed by atoms with Gasteiger partial charge in [0.15, 0.2) is 0 Å². The van der Waals surface area contributed by atoms with Crippen molar-refractivity contribution < 1.29 is 9.84 Å². The SMILES string of the molecule is Cc1cnn(C2CN(C[C@H](O)COc3ccc(CC#N)cc3)C2)c1. The minimum absolute atomic E-state index is 0.264. The van der Waals surface area contributed by atoms with Crippen LogP contribution in [0.25, 0.3) is 0 Å². The number of rotatable bonds is 7. The Kier molecular flexibility index (Phi) is 5.14. The first kappa shape index (κ1) is 16.5. The number of likely N-dealkylation sites (tertiary alicyclic amines) is 1. The summed E-state index contributed by atoms with van der Waals surface area (Å²) in [6.07, 6.45) is 3.80. The summed E-state index contributed by atoms with van der Waals surface area (Å²) in [5, 5.41) is 23.1. The smallest absolute Gasteiger partial charge is 0.119 e. The highest BCUT2D eigenvalue weighted by molar-refractivity contribution is 5.28. The Hall–Kier alpha value is -2.36. The zero-order valence-corrected chi connectivity index (χ0v) is 13.8. The van der Waals surface area contributed by atoms with E-state index in [1.165, 1.54) is 5.56 Å². The van der Waals surface area contributed by atoms with E-state index in [1.807, 2.05) is 42.1 Å². The minimum Gasteiger partial charge on any atom is -0.491 e. The minimum atomic E-state index is -0.524. The van der Waals surface area contributed by atoms with Crippen LogP contribution in [0.5, 0.6) is 5.75 Å². The molecular weight excluding hydrogens is 304 g/mol. The Labute approximate surface area is 141 Å². The maximum absolute atomic E-state index is 10.1. The summed E-state index contributed by atoms with van der Waals surface area (Å²) < 4.78 is 7.61. The van der Waals surface area contributed by atoms with E-state index in [4.69, 9.17) is 10.00 Å². The third-order valence-corrected chi connectivity index (χ3v) is 4.16. The number of aryl methyl sites for hydroxylation is 1. The number of aliphatic hydroxyl groups excluding tert-OH is 1. The van der Waals surface area contributed by atoms with Crippen LogP contribution in [-0.2, 0) is 6.42 Å². The molecule has 1 atom stereocenters. The number of hydrogen-bond acceptors (Lipinski definition) is 5. The molecule has 1 aliphatic rings. The zero-order chi connectivity index (χ0) is 16.9. The predicted octanol–water partition coefficient (Wildman–Crippen LogP) is 1.55. The van der Waals surface area contributed by atoms with Crippen LogP contribution in [0.3, 0.4) is 0 Å². The maximum atomic E-state index is 10.1. The molecule has 2 aromatic rings. The van der Waals surface area contributed by atoms with Crippen molar-refractivity contribution >= 4 is 0 Å². The Morgan fingerprint density at radius 1 is 1.38 bits per heavy atom. The van der Waals surface area contributed by atoms with Crippen molar-refractivity contribution in [2.75, 3.05) is 26.2 Å². The molecule has 2 heterocycles. The molecule has 0 unspecified atom stereocenters. The van der Waals surface area contributed by atoms with Gasteiger partial charge in [-0.05, 0) is 30.2 Å². The molecule has 6 nitrogen and oxygen atoms in total. The van der Waals surface area contributed by atoms with E-state index in [1.54, 1.807) is 0 Å². The van der Waals surface area contributed by atoms with E-state index in [-0.39, 0.29) is 6.61 Å². The van der Waals surface area contributed by atoms with Crippen molar-refractivity contribution in [3.05, 3.63) is 47.8 Å². The molecule has 24 heavy (non-hydrogen) atoms. The van der Waals surface area contributed by atoms with E-state index in [0.29, 0.717) is 24.8 Å². The second kappa shape index (κ2) is 7.47. The highest BCUT2D eigenvalue weighted by Gasteiger charge is 2.29. The highest BCUT2D eigenvalue weighted by Crippen LogP contribution is 2.21. The molecule has 0 radical (unpaired) electrons. The van der Waals surface area contributed by atoms with Crippen LogP contribution in [0.4, 0.5) is 0 Å². The number of nitriles is 1. The number of hydrogen-bond donors (Lipinski definition) is 1. The molecule has 0 spiro atoms. The summed E-state index contributed by atoms with van der Waals surface area (Å²) in [7, 11) is 0. The third kappa shape index (κ3) is 4.13. The molecule has 126 valence electrons. The lowest BCUT2D eigenvalue weighted by molar-refractivity contribution is 0.0204. The normalized spacial score (nSPS) is 16.4. The predicted molar refractivity (Wildman–Crippen MR) is 89.7 cm³/mol. The number of β-amino-alcohol motifs (C(OH)–C–C–N with tert-alkyl or cyclic N) is 1. The first-order valence-corrected chi connectivity index (χ1v) is 8.14. The summed E-state index contributed by atoms with van der Waals surface area (Å²) in [5.74, 6) is 0.712. The molecule has 1 saturated heterocycles. The number of aromatic nitrogens is 2. The number of aliphatic hydroxyl groups is 1. The second-order valence-corrected chi connectivity index (χ2v) is 6.31. The standard InChI is InChI=1S/C18H22N4O2/c1-14-8-20-22(9-14)16-10-21(11-16)12-17(23)13-24-18-4-2-15(3-5-18)6-7-19/h2-5,8-9,16-17,23H,6,10-13H2,1H3/t17-/m0/s1. The fourth-order valence-electron chi connectivity index (χ4n) is 2.83. The van der Waals surface area contributed by atoms with E-state index in [0.717, 1.165) is 18.7 Å². The lowest BCUT2D eigenvalue weighted by Gasteiger charge is -2.40. The average Bonchev–Trinajstić information content (AvgIpc) is 2.96. The molecule has 0 aliphatic carbocycles. The van der Waals surface area contributed by atoms with Crippen molar-refractivity contribution in [1.82, 2.24) is 14.7 Å². The van der Waals surface area contributed by atoms with Crippen molar-refractivity contribution in [1.29, 1.82) is 5.26 Å². The second-order valence-electron chi connectivity index (χ2n) is 6.31.